The van der Waals surface area contributed by atoms with Gasteiger partial charge in [0, 0.05) is 12.7 Å². The minimum atomic E-state index is -0.238. The van der Waals surface area contributed by atoms with Crippen LogP contribution in [0.2, 0.25) is 0 Å². The SMILES string of the molecule is Cc1cc(F)ccc1-n1nccc1CN. The van der Waals surface area contributed by atoms with Crippen LogP contribution in [0.1, 0.15) is 11.3 Å². The molecule has 0 aliphatic heterocycles. The van der Waals surface area contributed by atoms with E-state index in [0.29, 0.717) is 6.54 Å². The fourth-order valence-corrected chi connectivity index (χ4v) is 1.56. The van der Waals surface area contributed by atoms with Gasteiger partial charge in [0.15, 0.2) is 0 Å². The fourth-order valence-electron chi connectivity index (χ4n) is 1.56. The predicted molar refractivity (Wildman–Crippen MR) is 56.2 cm³/mol. The number of nitrogens with zero attached hydrogens (tertiary/aromatic N) is 2. The van der Waals surface area contributed by atoms with Crippen molar-refractivity contribution in [3.05, 3.63) is 47.5 Å². The summed E-state index contributed by atoms with van der Waals surface area (Å²) in [5.41, 5.74) is 8.19. The highest BCUT2D eigenvalue weighted by molar-refractivity contribution is 5.40. The van der Waals surface area contributed by atoms with E-state index < -0.39 is 0 Å². The van der Waals surface area contributed by atoms with E-state index in [1.807, 2.05) is 13.0 Å². The maximum atomic E-state index is 12.9. The Labute approximate surface area is 87.3 Å². The first kappa shape index (κ1) is 9.86. The van der Waals surface area contributed by atoms with Gasteiger partial charge in [-0.3, -0.25) is 0 Å². The van der Waals surface area contributed by atoms with Crippen molar-refractivity contribution < 1.29 is 4.39 Å². The second-order valence-electron chi connectivity index (χ2n) is 3.37. The molecular weight excluding hydrogens is 193 g/mol. The number of nitrogens with two attached hydrogens (primary N) is 1. The summed E-state index contributed by atoms with van der Waals surface area (Å²) in [5, 5.41) is 4.16. The first-order chi connectivity index (χ1) is 7.22. The van der Waals surface area contributed by atoms with Crippen molar-refractivity contribution >= 4 is 0 Å². The Bertz CT molecular complexity index is 476. The predicted octanol–water partition coefficient (Wildman–Crippen LogP) is 1.78. The number of hydrogen-bond donors (Lipinski definition) is 1. The maximum Gasteiger partial charge on any atom is 0.123 e. The van der Waals surface area contributed by atoms with Crippen molar-refractivity contribution in [2.45, 2.75) is 13.5 Å². The molecule has 0 saturated carbocycles. The van der Waals surface area contributed by atoms with Gasteiger partial charge in [-0.25, -0.2) is 9.07 Å². The zero-order valence-corrected chi connectivity index (χ0v) is 8.44. The molecule has 4 heteroatoms. The third-order valence-corrected chi connectivity index (χ3v) is 2.32. The molecule has 78 valence electrons. The Morgan fingerprint density at radius 2 is 2.20 bits per heavy atom. The van der Waals surface area contributed by atoms with Crippen LogP contribution < -0.4 is 5.73 Å². The van der Waals surface area contributed by atoms with Crippen molar-refractivity contribution in [1.29, 1.82) is 0 Å². The van der Waals surface area contributed by atoms with Gasteiger partial charge in [-0.2, -0.15) is 5.10 Å². The van der Waals surface area contributed by atoms with Crippen LogP contribution in [0, 0.1) is 12.7 Å². The van der Waals surface area contributed by atoms with Crippen LogP contribution in [0.15, 0.2) is 30.5 Å². The number of rotatable bonds is 2. The van der Waals surface area contributed by atoms with E-state index in [1.54, 1.807) is 16.9 Å². The molecule has 1 aromatic carbocycles. The minimum Gasteiger partial charge on any atom is -0.325 e. The topological polar surface area (TPSA) is 43.8 Å². The molecule has 2 aromatic rings. The summed E-state index contributed by atoms with van der Waals surface area (Å²) in [6.07, 6.45) is 1.69. The third-order valence-electron chi connectivity index (χ3n) is 2.32. The molecule has 2 rings (SSSR count). The standard InChI is InChI=1S/C11H12FN3/c1-8-6-9(12)2-3-11(8)15-10(7-13)4-5-14-15/h2-6H,7,13H2,1H3. The molecule has 0 aliphatic carbocycles. The van der Waals surface area contributed by atoms with E-state index >= 15 is 0 Å². The molecule has 2 N–H and O–H groups in total. The fraction of sp³-hybridized carbons (Fsp3) is 0.182. The van der Waals surface area contributed by atoms with Crippen molar-refractivity contribution in [3.8, 4) is 5.69 Å². The van der Waals surface area contributed by atoms with Crippen LogP contribution in [0.5, 0.6) is 0 Å². The molecule has 0 bridgehead atoms. The smallest absolute Gasteiger partial charge is 0.123 e. The second-order valence-corrected chi connectivity index (χ2v) is 3.37. The summed E-state index contributed by atoms with van der Waals surface area (Å²) in [7, 11) is 0. The average Bonchev–Trinajstić information content (AvgIpc) is 2.65. The summed E-state index contributed by atoms with van der Waals surface area (Å²) >= 11 is 0. The molecular formula is C11H12FN3. The van der Waals surface area contributed by atoms with Crippen LogP contribution in [-0.2, 0) is 6.54 Å². The highest BCUT2D eigenvalue weighted by Gasteiger charge is 2.06. The van der Waals surface area contributed by atoms with Crippen molar-refractivity contribution in [3.63, 3.8) is 0 Å². The molecule has 0 aliphatic rings. The normalized spacial score (nSPS) is 10.6. The summed E-state index contributed by atoms with van der Waals surface area (Å²) in [6.45, 7) is 2.26. The van der Waals surface area contributed by atoms with Crippen LogP contribution in [0.25, 0.3) is 5.69 Å². The van der Waals surface area contributed by atoms with E-state index in [9.17, 15) is 4.39 Å². The summed E-state index contributed by atoms with van der Waals surface area (Å²) < 4.78 is 14.6. The van der Waals surface area contributed by atoms with Gasteiger partial charge >= 0.3 is 0 Å². The molecule has 0 spiro atoms. The summed E-state index contributed by atoms with van der Waals surface area (Å²) in [4.78, 5) is 0. The maximum absolute atomic E-state index is 12.9. The van der Waals surface area contributed by atoms with Crippen molar-refractivity contribution in [1.82, 2.24) is 9.78 Å². The third kappa shape index (κ3) is 1.76. The lowest BCUT2D eigenvalue weighted by Gasteiger charge is -2.08. The molecule has 0 atom stereocenters. The molecule has 0 amide bonds. The van der Waals surface area contributed by atoms with Crippen molar-refractivity contribution in [2.75, 3.05) is 0 Å². The highest BCUT2D eigenvalue weighted by atomic mass is 19.1. The van der Waals surface area contributed by atoms with Gasteiger partial charge in [0.05, 0.1) is 11.4 Å². The molecule has 0 radical (unpaired) electrons. The summed E-state index contributed by atoms with van der Waals surface area (Å²) in [5.74, 6) is -0.238. The van der Waals surface area contributed by atoms with Gasteiger partial charge in [-0.1, -0.05) is 0 Å². The molecule has 0 fully saturated rings. The minimum absolute atomic E-state index is 0.238. The summed E-state index contributed by atoms with van der Waals surface area (Å²) in [6, 6.07) is 6.46. The Kier molecular flexibility index (Phi) is 2.51. The van der Waals surface area contributed by atoms with Gasteiger partial charge in [0.1, 0.15) is 5.82 Å². The number of halogens is 1. The van der Waals surface area contributed by atoms with E-state index in [1.165, 1.54) is 12.1 Å². The van der Waals surface area contributed by atoms with Crippen LogP contribution in [0.3, 0.4) is 0 Å². The molecule has 1 aromatic heterocycles. The first-order valence-corrected chi connectivity index (χ1v) is 4.72. The molecule has 3 nitrogen and oxygen atoms in total. The highest BCUT2D eigenvalue weighted by Crippen LogP contribution is 2.16. The Hall–Kier alpha value is -1.68. The van der Waals surface area contributed by atoms with Gasteiger partial charge in [-0.15, -0.1) is 0 Å². The molecule has 0 saturated heterocycles. The van der Waals surface area contributed by atoms with Crippen LogP contribution in [-0.4, -0.2) is 9.78 Å². The number of aryl methyl sites for hydroxylation is 1. The Morgan fingerprint density at radius 1 is 1.40 bits per heavy atom. The largest absolute Gasteiger partial charge is 0.325 e. The lowest BCUT2D eigenvalue weighted by molar-refractivity contribution is 0.625. The monoisotopic (exact) mass is 205 g/mol. The Balaban J connectivity index is 2.54. The zero-order valence-electron chi connectivity index (χ0n) is 8.44. The van der Waals surface area contributed by atoms with Gasteiger partial charge in [-0.05, 0) is 36.8 Å². The van der Waals surface area contributed by atoms with Gasteiger partial charge < -0.3 is 5.73 Å². The molecule has 1 heterocycles. The zero-order chi connectivity index (χ0) is 10.8. The van der Waals surface area contributed by atoms with Gasteiger partial charge in [0.2, 0.25) is 0 Å². The number of hydrogen-bond acceptors (Lipinski definition) is 2. The van der Waals surface area contributed by atoms with Crippen LogP contribution in [0.4, 0.5) is 4.39 Å². The quantitative estimate of drug-likeness (QED) is 0.812. The lowest BCUT2D eigenvalue weighted by atomic mass is 10.2. The number of aromatic nitrogens is 2. The van der Waals surface area contributed by atoms with E-state index in [4.69, 9.17) is 5.73 Å². The van der Waals surface area contributed by atoms with Crippen molar-refractivity contribution in [2.24, 2.45) is 5.73 Å². The Morgan fingerprint density at radius 3 is 2.87 bits per heavy atom. The van der Waals surface area contributed by atoms with Gasteiger partial charge in [0.25, 0.3) is 0 Å². The van der Waals surface area contributed by atoms with E-state index in [-0.39, 0.29) is 5.82 Å². The first-order valence-electron chi connectivity index (χ1n) is 4.72. The number of benzene rings is 1. The van der Waals surface area contributed by atoms with E-state index in [0.717, 1.165) is 16.9 Å². The lowest BCUT2D eigenvalue weighted by Crippen LogP contribution is -2.08. The van der Waals surface area contributed by atoms with Crippen LogP contribution >= 0.6 is 0 Å². The second kappa shape index (κ2) is 3.82. The molecule has 0 unspecified atom stereocenters. The van der Waals surface area contributed by atoms with E-state index in [2.05, 4.69) is 5.10 Å². The average molecular weight is 205 g/mol. The molecule has 15 heavy (non-hydrogen) atoms.